The second kappa shape index (κ2) is 7.04. The van der Waals surface area contributed by atoms with Gasteiger partial charge in [0.2, 0.25) is 5.43 Å². The molecule has 25 heavy (non-hydrogen) atoms. The fourth-order valence-corrected chi connectivity index (χ4v) is 2.59. The molecule has 1 aliphatic rings. The van der Waals surface area contributed by atoms with Crippen molar-refractivity contribution < 1.29 is 14.3 Å². The third-order valence-electron chi connectivity index (χ3n) is 4.24. The Hall–Kier alpha value is -2.70. The second-order valence-corrected chi connectivity index (χ2v) is 6.31. The lowest BCUT2D eigenvalue weighted by Crippen LogP contribution is -2.31. The number of hydrogen-bond acceptors (Lipinski definition) is 5. The third kappa shape index (κ3) is 3.87. The number of nitrogens with one attached hydrogen (secondary N) is 1. The maximum Gasteiger partial charge on any atom is 0.344 e. The standard InChI is InChI=1S/C18H21N3O4/c1-3-21-9-14(16(23)13-7-4-11(2)20-17(13)21)18(24)25-10-15(22)19-8-12-5-6-12/h4,7,9,12H,3,5-6,8,10H2,1-2H3,(H,19,22). The molecule has 1 aliphatic carbocycles. The van der Waals surface area contributed by atoms with Crippen LogP contribution in [0.4, 0.5) is 0 Å². The van der Waals surface area contributed by atoms with Crippen LogP contribution in [0.1, 0.15) is 35.8 Å². The molecule has 0 radical (unpaired) electrons. The summed E-state index contributed by atoms with van der Waals surface area (Å²) < 4.78 is 6.74. The van der Waals surface area contributed by atoms with Crippen LogP contribution in [0, 0.1) is 12.8 Å². The highest BCUT2D eigenvalue weighted by atomic mass is 16.5. The smallest absolute Gasteiger partial charge is 0.344 e. The molecule has 2 aromatic rings. The van der Waals surface area contributed by atoms with Crippen LogP contribution in [0.2, 0.25) is 0 Å². The minimum Gasteiger partial charge on any atom is -0.452 e. The number of ether oxygens (including phenoxy) is 1. The first kappa shape index (κ1) is 17.1. The van der Waals surface area contributed by atoms with E-state index >= 15 is 0 Å². The SMILES string of the molecule is CCn1cc(C(=O)OCC(=O)NCC2CC2)c(=O)c2ccc(C)nc21. The molecule has 0 unspecified atom stereocenters. The molecule has 0 saturated heterocycles. The van der Waals surface area contributed by atoms with Gasteiger partial charge in [-0.05, 0) is 44.7 Å². The van der Waals surface area contributed by atoms with Crippen LogP contribution in [0.3, 0.4) is 0 Å². The quantitative estimate of drug-likeness (QED) is 0.801. The molecule has 0 atom stereocenters. The lowest BCUT2D eigenvalue weighted by atomic mass is 10.2. The number of hydrogen-bond donors (Lipinski definition) is 1. The molecule has 2 heterocycles. The third-order valence-corrected chi connectivity index (χ3v) is 4.24. The Balaban J connectivity index is 1.78. The summed E-state index contributed by atoms with van der Waals surface area (Å²) in [6.45, 7) is 4.51. The lowest BCUT2D eigenvalue weighted by molar-refractivity contribution is -0.124. The Bertz CT molecular complexity index is 884. The average Bonchev–Trinajstić information content (AvgIpc) is 3.42. The number of carbonyl (C=O) groups is 2. The normalized spacial score (nSPS) is 13.7. The van der Waals surface area contributed by atoms with Gasteiger partial charge in [-0.3, -0.25) is 9.59 Å². The van der Waals surface area contributed by atoms with Crippen LogP contribution in [0.5, 0.6) is 0 Å². The molecule has 132 valence electrons. The summed E-state index contributed by atoms with van der Waals surface area (Å²) in [5, 5.41) is 3.08. The van der Waals surface area contributed by atoms with Crippen LogP contribution in [-0.4, -0.2) is 34.6 Å². The summed E-state index contributed by atoms with van der Waals surface area (Å²) in [5.41, 5.74) is 0.800. The molecule has 0 spiro atoms. The lowest BCUT2D eigenvalue weighted by Gasteiger charge is -2.11. The summed E-state index contributed by atoms with van der Waals surface area (Å²) >= 11 is 0. The van der Waals surface area contributed by atoms with E-state index in [9.17, 15) is 14.4 Å². The van der Waals surface area contributed by atoms with Gasteiger partial charge >= 0.3 is 5.97 Å². The largest absolute Gasteiger partial charge is 0.452 e. The van der Waals surface area contributed by atoms with Gasteiger partial charge in [-0.2, -0.15) is 0 Å². The van der Waals surface area contributed by atoms with Crippen LogP contribution in [0.25, 0.3) is 11.0 Å². The Morgan fingerprint density at radius 2 is 2.12 bits per heavy atom. The molecule has 0 aromatic carbocycles. The van der Waals surface area contributed by atoms with E-state index in [4.69, 9.17) is 4.74 Å². The van der Waals surface area contributed by atoms with Gasteiger partial charge in [-0.15, -0.1) is 0 Å². The first-order valence-corrected chi connectivity index (χ1v) is 8.44. The molecule has 0 bridgehead atoms. The van der Waals surface area contributed by atoms with Gasteiger partial charge < -0.3 is 14.6 Å². The van der Waals surface area contributed by atoms with Crippen molar-refractivity contribution in [2.24, 2.45) is 5.92 Å². The summed E-state index contributed by atoms with van der Waals surface area (Å²) in [4.78, 5) is 40.9. The summed E-state index contributed by atoms with van der Waals surface area (Å²) in [6, 6.07) is 3.38. The minimum absolute atomic E-state index is 0.0880. The fraction of sp³-hybridized carbons (Fsp3) is 0.444. The Kier molecular flexibility index (Phi) is 4.83. The Morgan fingerprint density at radius 3 is 2.80 bits per heavy atom. The van der Waals surface area contributed by atoms with Gasteiger partial charge in [-0.1, -0.05) is 0 Å². The molecule has 3 rings (SSSR count). The molecule has 0 aliphatic heterocycles. The zero-order valence-corrected chi connectivity index (χ0v) is 14.4. The summed E-state index contributed by atoms with van der Waals surface area (Å²) in [5.74, 6) is -0.599. The van der Waals surface area contributed by atoms with Crippen LogP contribution >= 0.6 is 0 Å². The fourth-order valence-electron chi connectivity index (χ4n) is 2.59. The van der Waals surface area contributed by atoms with Gasteiger partial charge in [-0.25, -0.2) is 9.78 Å². The van der Waals surface area contributed by atoms with Crippen molar-refractivity contribution in [3.63, 3.8) is 0 Å². The minimum atomic E-state index is -0.795. The van der Waals surface area contributed by atoms with Crippen LogP contribution < -0.4 is 10.7 Å². The number of aryl methyl sites for hydroxylation is 2. The predicted octanol–water partition coefficient (Wildman–Crippen LogP) is 1.41. The molecule has 2 aromatic heterocycles. The van der Waals surface area contributed by atoms with E-state index in [1.165, 1.54) is 6.20 Å². The van der Waals surface area contributed by atoms with Crippen molar-refractivity contribution in [2.75, 3.05) is 13.2 Å². The number of aromatic nitrogens is 2. The summed E-state index contributed by atoms with van der Waals surface area (Å²) in [6.07, 6.45) is 3.70. The van der Waals surface area contributed by atoms with Crippen molar-refractivity contribution in [3.8, 4) is 0 Å². The van der Waals surface area contributed by atoms with Crippen molar-refractivity contribution in [1.82, 2.24) is 14.9 Å². The van der Waals surface area contributed by atoms with E-state index in [-0.39, 0.29) is 18.1 Å². The van der Waals surface area contributed by atoms with E-state index in [1.807, 2.05) is 13.8 Å². The molecule has 1 saturated carbocycles. The number of pyridine rings is 2. The van der Waals surface area contributed by atoms with Crippen molar-refractivity contribution in [2.45, 2.75) is 33.2 Å². The van der Waals surface area contributed by atoms with Crippen molar-refractivity contribution in [1.29, 1.82) is 0 Å². The Labute approximate surface area is 145 Å². The maximum atomic E-state index is 12.6. The van der Waals surface area contributed by atoms with Gasteiger partial charge in [0.1, 0.15) is 11.2 Å². The van der Waals surface area contributed by atoms with Gasteiger partial charge in [0.25, 0.3) is 5.91 Å². The number of fused-ring (bicyclic) bond motifs is 1. The molecular formula is C18H21N3O4. The highest BCUT2D eigenvalue weighted by Crippen LogP contribution is 2.27. The topological polar surface area (TPSA) is 90.3 Å². The molecule has 7 nitrogen and oxygen atoms in total. The van der Waals surface area contributed by atoms with E-state index in [0.29, 0.717) is 30.0 Å². The van der Waals surface area contributed by atoms with Gasteiger partial charge in [0.15, 0.2) is 6.61 Å². The maximum absolute atomic E-state index is 12.6. The van der Waals surface area contributed by atoms with Gasteiger partial charge in [0.05, 0.1) is 5.39 Å². The first-order chi connectivity index (χ1) is 12.0. The van der Waals surface area contributed by atoms with E-state index in [0.717, 1.165) is 18.5 Å². The second-order valence-electron chi connectivity index (χ2n) is 6.31. The first-order valence-electron chi connectivity index (χ1n) is 8.44. The average molecular weight is 343 g/mol. The van der Waals surface area contributed by atoms with Crippen LogP contribution in [-0.2, 0) is 16.1 Å². The monoisotopic (exact) mass is 343 g/mol. The van der Waals surface area contributed by atoms with Crippen LogP contribution in [0.15, 0.2) is 23.1 Å². The van der Waals surface area contributed by atoms with Crippen molar-refractivity contribution in [3.05, 3.63) is 39.8 Å². The highest BCUT2D eigenvalue weighted by molar-refractivity contribution is 5.94. The predicted molar refractivity (Wildman–Crippen MR) is 92.4 cm³/mol. The van der Waals surface area contributed by atoms with Gasteiger partial charge in [0, 0.05) is 25.0 Å². The molecule has 1 fully saturated rings. The number of nitrogens with zero attached hydrogens (tertiary/aromatic N) is 2. The zero-order valence-electron chi connectivity index (χ0n) is 14.4. The van der Waals surface area contributed by atoms with E-state index in [2.05, 4.69) is 10.3 Å². The zero-order chi connectivity index (χ0) is 18.0. The molecule has 7 heteroatoms. The number of rotatable bonds is 6. The summed E-state index contributed by atoms with van der Waals surface area (Å²) in [7, 11) is 0. The van der Waals surface area contributed by atoms with Crippen molar-refractivity contribution >= 4 is 22.9 Å². The highest BCUT2D eigenvalue weighted by Gasteiger charge is 2.22. The molecule has 1 N–H and O–H groups in total. The molecular weight excluding hydrogens is 322 g/mol. The van der Waals surface area contributed by atoms with E-state index in [1.54, 1.807) is 16.7 Å². The van der Waals surface area contributed by atoms with E-state index < -0.39 is 11.4 Å². The number of esters is 1. The number of carbonyl (C=O) groups excluding carboxylic acids is 2. The number of amides is 1. The molecule has 1 amide bonds. The Morgan fingerprint density at radius 1 is 1.36 bits per heavy atom.